The lowest BCUT2D eigenvalue weighted by Gasteiger charge is -2.19. The number of rotatable bonds is 3. The van der Waals surface area contributed by atoms with Crippen LogP contribution in [0.1, 0.15) is 17.3 Å². The Morgan fingerprint density at radius 3 is 2.62 bits per heavy atom. The van der Waals surface area contributed by atoms with Crippen LogP contribution >= 0.6 is 11.6 Å². The summed E-state index contributed by atoms with van der Waals surface area (Å²) in [6, 6.07) is 4.67. The summed E-state index contributed by atoms with van der Waals surface area (Å²) in [7, 11) is 3.66. The van der Waals surface area contributed by atoms with Gasteiger partial charge in [0.15, 0.2) is 6.23 Å². The number of benzene rings is 1. The van der Waals surface area contributed by atoms with Gasteiger partial charge in [-0.3, -0.25) is 4.90 Å². The molecule has 0 radical (unpaired) electrons. The highest BCUT2D eigenvalue weighted by molar-refractivity contribution is 6.33. The number of hydrogen-bond donors (Lipinski definition) is 1. The van der Waals surface area contributed by atoms with Crippen molar-refractivity contribution >= 4 is 23.3 Å². The van der Waals surface area contributed by atoms with Gasteiger partial charge in [-0.1, -0.05) is 11.6 Å². The number of ether oxygens (including phenoxy) is 1. The number of nitrogen functional groups attached to an aromatic ring is 1. The second kappa shape index (κ2) is 5.18. The van der Waals surface area contributed by atoms with Crippen molar-refractivity contribution in [2.45, 2.75) is 13.2 Å². The average molecular weight is 243 g/mol. The predicted octanol–water partition coefficient (Wildman–Crippen LogP) is 1.99. The number of anilines is 1. The largest absolute Gasteiger partial charge is 0.443 e. The van der Waals surface area contributed by atoms with Crippen LogP contribution in [0.4, 0.5) is 5.69 Å². The second-order valence-corrected chi connectivity index (χ2v) is 4.11. The first-order valence-corrected chi connectivity index (χ1v) is 5.22. The van der Waals surface area contributed by atoms with Crippen molar-refractivity contribution in [3.05, 3.63) is 28.8 Å². The van der Waals surface area contributed by atoms with E-state index in [0.717, 1.165) is 0 Å². The van der Waals surface area contributed by atoms with Crippen LogP contribution in [0.2, 0.25) is 5.02 Å². The molecule has 0 saturated carbocycles. The Balaban J connectivity index is 2.77. The van der Waals surface area contributed by atoms with Gasteiger partial charge in [-0.15, -0.1) is 0 Å². The van der Waals surface area contributed by atoms with E-state index in [9.17, 15) is 4.79 Å². The fourth-order valence-electron chi connectivity index (χ4n) is 0.999. The van der Waals surface area contributed by atoms with Crippen molar-refractivity contribution in [3.63, 3.8) is 0 Å². The summed E-state index contributed by atoms with van der Waals surface area (Å²) in [4.78, 5) is 13.5. The Bertz CT molecular complexity index is 394. The zero-order chi connectivity index (χ0) is 12.3. The van der Waals surface area contributed by atoms with E-state index in [1.165, 1.54) is 6.07 Å². The maximum absolute atomic E-state index is 11.7. The lowest BCUT2D eigenvalue weighted by atomic mass is 10.2. The molecule has 0 bridgehead atoms. The molecular formula is C11H15ClN2O2. The zero-order valence-electron chi connectivity index (χ0n) is 9.53. The number of nitrogens with two attached hydrogens (primary N) is 1. The minimum Gasteiger partial charge on any atom is -0.443 e. The zero-order valence-corrected chi connectivity index (χ0v) is 10.3. The molecule has 88 valence electrons. The quantitative estimate of drug-likeness (QED) is 0.500. The van der Waals surface area contributed by atoms with Gasteiger partial charge in [0, 0.05) is 0 Å². The Hall–Kier alpha value is -1.26. The molecule has 0 aliphatic carbocycles. The molecule has 1 rings (SSSR count). The van der Waals surface area contributed by atoms with Crippen LogP contribution in [0.25, 0.3) is 0 Å². The molecule has 0 heterocycles. The van der Waals surface area contributed by atoms with E-state index in [2.05, 4.69) is 0 Å². The Morgan fingerprint density at radius 2 is 2.12 bits per heavy atom. The van der Waals surface area contributed by atoms with E-state index < -0.39 is 5.97 Å². The molecule has 2 N–H and O–H groups in total. The Morgan fingerprint density at radius 1 is 1.50 bits per heavy atom. The van der Waals surface area contributed by atoms with Gasteiger partial charge >= 0.3 is 5.97 Å². The smallest absolute Gasteiger partial charge is 0.339 e. The van der Waals surface area contributed by atoms with Gasteiger partial charge in [0.1, 0.15) is 0 Å². The van der Waals surface area contributed by atoms with Crippen LogP contribution in [-0.4, -0.2) is 31.2 Å². The molecule has 0 saturated heterocycles. The van der Waals surface area contributed by atoms with Crippen molar-refractivity contribution in [1.82, 2.24) is 4.90 Å². The highest BCUT2D eigenvalue weighted by atomic mass is 35.5. The minimum atomic E-state index is -0.412. The van der Waals surface area contributed by atoms with E-state index in [0.29, 0.717) is 16.3 Å². The average Bonchev–Trinajstić information content (AvgIpc) is 2.21. The molecule has 16 heavy (non-hydrogen) atoms. The maximum atomic E-state index is 11.7. The minimum absolute atomic E-state index is 0.288. The molecule has 0 amide bonds. The van der Waals surface area contributed by atoms with E-state index in [1.807, 2.05) is 14.1 Å². The van der Waals surface area contributed by atoms with Gasteiger partial charge in [0.25, 0.3) is 0 Å². The molecular weight excluding hydrogens is 228 g/mol. The molecule has 0 aliphatic heterocycles. The molecule has 0 spiro atoms. The SMILES string of the molecule is CC(OC(=O)c1ccc(Cl)c(N)c1)N(C)C. The van der Waals surface area contributed by atoms with Crippen LogP contribution < -0.4 is 5.73 Å². The third-order valence-corrected chi connectivity index (χ3v) is 2.58. The number of nitrogens with zero attached hydrogens (tertiary/aromatic N) is 1. The van der Waals surface area contributed by atoms with E-state index in [1.54, 1.807) is 24.0 Å². The Labute approximate surface area is 99.9 Å². The number of esters is 1. The molecule has 0 aromatic heterocycles. The molecule has 1 atom stereocenters. The summed E-state index contributed by atoms with van der Waals surface area (Å²) in [5.41, 5.74) is 6.37. The molecule has 0 fully saturated rings. The molecule has 1 aromatic rings. The predicted molar refractivity (Wildman–Crippen MR) is 64.4 cm³/mol. The van der Waals surface area contributed by atoms with Gasteiger partial charge in [-0.2, -0.15) is 0 Å². The van der Waals surface area contributed by atoms with E-state index in [-0.39, 0.29) is 6.23 Å². The summed E-state index contributed by atoms with van der Waals surface area (Å²) < 4.78 is 5.18. The summed E-state index contributed by atoms with van der Waals surface area (Å²) in [6.45, 7) is 1.79. The second-order valence-electron chi connectivity index (χ2n) is 3.70. The number of hydrogen-bond acceptors (Lipinski definition) is 4. The van der Waals surface area contributed by atoms with Crippen LogP contribution in [0.15, 0.2) is 18.2 Å². The number of halogens is 1. The normalized spacial score (nSPS) is 12.6. The van der Waals surface area contributed by atoms with Crippen LogP contribution in [0.5, 0.6) is 0 Å². The maximum Gasteiger partial charge on any atom is 0.339 e. The summed E-state index contributed by atoms with van der Waals surface area (Å²) in [6.07, 6.45) is -0.288. The van der Waals surface area contributed by atoms with Gasteiger partial charge in [0.05, 0.1) is 16.3 Å². The van der Waals surface area contributed by atoms with Gasteiger partial charge in [0.2, 0.25) is 0 Å². The van der Waals surface area contributed by atoms with E-state index in [4.69, 9.17) is 22.1 Å². The standard InChI is InChI=1S/C11H15ClN2O2/c1-7(14(2)3)16-11(15)8-4-5-9(12)10(13)6-8/h4-7H,13H2,1-3H3. The topological polar surface area (TPSA) is 55.6 Å². The fraction of sp³-hybridized carbons (Fsp3) is 0.364. The van der Waals surface area contributed by atoms with Crippen molar-refractivity contribution in [3.8, 4) is 0 Å². The molecule has 1 aromatic carbocycles. The van der Waals surface area contributed by atoms with Crippen molar-refractivity contribution in [1.29, 1.82) is 0 Å². The lowest BCUT2D eigenvalue weighted by Crippen LogP contribution is -2.29. The van der Waals surface area contributed by atoms with Crippen molar-refractivity contribution in [2.24, 2.45) is 0 Å². The fourth-order valence-corrected chi connectivity index (χ4v) is 1.12. The van der Waals surface area contributed by atoms with Crippen LogP contribution in [0, 0.1) is 0 Å². The highest BCUT2D eigenvalue weighted by Gasteiger charge is 2.14. The van der Waals surface area contributed by atoms with Gasteiger partial charge in [-0.25, -0.2) is 4.79 Å². The van der Waals surface area contributed by atoms with Crippen LogP contribution in [-0.2, 0) is 4.74 Å². The number of carbonyl (C=O) groups is 1. The van der Waals surface area contributed by atoms with E-state index >= 15 is 0 Å². The summed E-state index contributed by atoms with van der Waals surface area (Å²) in [5.74, 6) is -0.412. The van der Waals surface area contributed by atoms with Crippen molar-refractivity contribution < 1.29 is 9.53 Å². The van der Waals surface area contributed by atoms with Crippen LogP contribution in [0.3, 0.4) is 0 Å². The summed E-state index contributed by atoms with van der Waals surface area (Å²) in [5, 5.41) is 0.428. The summed E-state index contributed by atoms with van der Waals surface area (Å²) >= 11 is 5.76. The Kier molecular flexibility index (Phi) is 4.15. The number of carbonyl (C=O) groups excluding carboxylic acids is 1. The highest BCUT2D eigenvalue weighted by Crippen LogP contribution is 2.20. The lowest BCUT2D eigenvalue weighted by molar-refractivity contribution is -0.00546. The van der Waals surface area contributed by atoms with Gasteiger partial charge in [-0.05, 0) is 39.2 Å². The van der Waals surface area contributed by atoms with Gasteiger partial charge < -0.3 is 10.5 Å². The molecule has 5 heteroatoms. The first-order valence-electron chi connectivity index (χ1n) is 4.84. The first-order chi connectivity index (χ1) is 7.41. The monoisotopic (exact) mass is 242 g/mol. The molecule has 0 aliphatic rings. The molecule has 1 unspecified atom stereocenters. The first kappa shape index (κ1) is 12.8. The molecule has 4 nitrogen and oxygen atoms in total. The third kappa shape index (κ3) is 3.12. The third-order valence-electron chi connectivity index (χ3n) is 2.24. The van der Waals surface area contributed by atoms with Crippen molar-refractivity contribution in [2.75, 3.05) is 19.8 Å².